The summed E-state index contributed by atoms with van der Waals surface area (Å²) in [6, 6.07) is 11.9. The first-order valence-electron chi connectivity index (χ1n) is 9.13. The number of hydrogen-bond donors (Lipinski definition) is 0. The summed E-state index contributed by atoms with van der Waals surface area (Å²) in [7, 11) is -3.55. The molecule has 8 nitrogen and oxygen atoms in total. The van der Waals surface area contributed by atoms with Crippen LogP contribution in [0.1, 0.15) is 22.6 Å². The van der Waals surface area contributed by atoms with Crippen molar-refractivity contribution in [3.05, 3.63) is 60.0 Å². The largest absolute Gasteiger partial charge is 0.337 e. The molecular weight excluding hydrogens is 378 g/mol. The lowest BCUT2D eigenvalue weighted by Crippen LogP contribution is -2.37. The molecule has 0 spiro atoms. The number of rotatable bonds is 3. The summed E-state index contributed by atoms with van der Waals surface area (Å²) < 4.78 is 28.7. The Morgan fingerprint density at radius 2 is 1.79 bits per heavy atom. The molecule has 4 rings (SSSR count). The number of aromatic nitrogens is 3. The number of sulfonamides is 1. The van der Waals surface area contributed by atoms with Gasteiger partial charge in [-0.15, -0.1) is 0 Å². The number of nitrogens with zero attached hydrogens (tertiary/aromatic N) is 5. The Hall–Kier alpha value is -2.78. The van der Waals surface area contributed by atoms with Crippen LogP contribution < -0.4 is 0 Å². The van der Waals surface area contributed by atoms with Crippen LogP contribution in [0.3, 0.4) is 0 Å². The standard InChI is InChI=1S/C19H21N5O3S/c1-15-20-18-9-8-16(14-24(18)21-15)19(25)22-10-5-11-23(13-12-22)28(26,27)17-6-3-2-4-7-17/h2-4,6-9,14H,5,10-13H2,1H3. The van der Waals surface area contributed by atoms with E-state index in [2.05, 4.69) is 10.1 Å². The molecule has 0 bridgehead atoms. The molecule has 1 aromatic carbocycles. The van der Waals surface area contributed by atoms with Gasteiger partial charge in [-0.2, -0.15) is 9.40 Å². The van der Waals surface area contributed by atoms with Gasteiger partial charge in [0.25, 0.3) is 5.91 Å². The summed E-state index contributed by atoms with van der Waals surface area (Å²) in [6.07, 6.45) is 2.25. The summed E-state index contributed by atoms with van der Waals surface area (Å²) in [6.45, 7) is 3.31. The van der Waals surface area contributed by atoms with Crippen molar-refractivity contribution in [1.82, 2.24) is 23.8 Å². The van der Waals surface area contributed by atoms with Crippen molar-refractivity contribution < 1.29 is 13.2 Å². The van der Waals surface area contributed by atoms with Gasteiger partial charge in [0.1, 0.15) is 5.82 Å². The van der Waals surface area contributed by atoms with Crippen molar-refractivity contribution in [3.63, 3.8) is 0 Å². The minimum atomic E-state index is -3.55. The fourth-order valence-electron chi connectivity index (χ4n) is 3.38. The Balaban J connectivity index is 1.51. The van der Waals surface area contributed by atoms with Gasteiger partial charge in [0.2, 0.25) is 10.0 Å². The SMILES string of the molecule is Cc1nc2ccc(C(=O)N3CCCN(S(=O)(=O)c4ccccc4)CC3)cn2n1. The van der Waals surface area contributed by atoms with E-state index < -0.39 is 10.0 Å². The smallest absolute Gasteiger partial charge is 0.255 e. The molecule has 0 N–H and O–H groups in total. The zero-order valence-electron chi connectivity index (χ0n) is 15.5. The third-order valence-corrected chi connectivity index (χ3v) is 6.72. The normalized spacial score (nSPS) is 16.2. The van der Waals surface area contributed by atoms with Gasteiger partial charge in [-0.3, -0.25) is 4.79 Å². The van der Waals surface area contributed by atoms with Gasteiger partial charge < -0.3 is 4.90 Å². The predicted molar refractivity (Wildman–Crippen MR) is 103 cm³/mol. The van der Waals surface area contributed by atoms with Crippen molar-refractivity contribution in [2.75, 3.05) is 26.2 Å². The Bertz CT molecular complexity index is 1110. The van der Waals surface area contributed by atoms with Crippen molar-refractivity contribution >= 4 is 21.6 Å². The quantitative estimate of drug-likeness (QED) is 0.667. The van der Waals surface area contributed by atoms with Crippen LogP contribution in [0.5, 0.6) is 0 Å². The highest BCUT2D eigenvalue weighted by Crippen LogP contribution is 2.18. The van der Waals surface area contributed by atoms with E-state index >= 15 is 0 Å². The molecule has 3 aromatic rings. The van der Waals surface area contributed by atoms with Gasteiger partial charge in [-0.05, 0) is 37.6 Å². The molecule has 146 valence electrons. The summed E-state index contributed by atoms with van der Waals surface area (Å²) in [5, 5.41) is 4.25. The number of amides is 1. The van der Waals surface area contributed by atoms with E-state index in [1.165, 1.54) is 4.31 Å². The highest BCUT2D eigenvalue weighted by atomic mass is 32.2. The number of aryl methyl sites for hydroxylation is 1. The fraction of sp³-hybridized carbons (Fsp3) is 0.316. The Morgan fingerprint density at radius 1 is 1.00 bits per heavy atom. The average molecular weight is 399 g/mol. The highest BCUT2D eigenvalue weighted by Gasteiger charge is 2.28. The number of benzene rings is 1. The van der Waals surface area contributed by atoms with Gasteiger partial charge in [0, 0.05) is 32.4 Å². The maximum Gasteiger partial charge on any atom is 0.255 e. The van der Waals surface area contributed by atoms with Crippen LogP contribution in [0.2, 0.25) is 0 Å². The number of hydrogen-bond acceptors (Lipinski definition) is 5. The second-order valence-electron chi connectivity index (χ2n) is 6.74. The number of pyridine rings is 1. The molecule has 2 aromatic heterocycles. The molecule has 0 atom stereocenters. The van der Waals surface area contributed by atoms with E-state index in [0.29, 0.717) is 43.1 Å². The number of carbonyl (C=O) groups excluding carboxylic acids is 1. The third-order valence-electron chi connectivity index (χ3n) is 4.81. The first-order valence-corrected chi connectivity index (χ1v) is 10.6. The fourth-order valence-corrected chi connectivity index (χ4v) is 4.87. The van der Waals surface area contributed by atoms with Crippen LogP contribution in [-0.4, -0.2) is 64.3 Å². The molecule has 1 saturated heterocycles. The minimum Gasteiger partial charge on any atom is -0.337 e. The lowest BCUT2D eigenvalue weighted by atomic mass is 10.2. The second-order valence-corrected chi connectivity index (χ2v) is 8.68. The predicted octanol–water partition coefficient (Wildman–Crippen LogP) is 1.57. The van der Waals surface area contributed by atoms with E-state index in [1.807, 2.05) is 0 Å². The summed E-state index contributed by atoms with van der Waals surface area (Å²) in [4.78, 5) is 19.2. The van der Waals surface area contributed by atoms with Crippen molar-refractivity contribution in [1.29, 1.82) is 0 Å². The Kier molecular flexibility index (Phi) is 4.86. The van der Waals surface area contributed by atoms with Gasteiger partial charge in [-0.1, -0.05) is 18.2 Å². The summed E-state index contributed by atoms with van der Waals surface area (Å²) in [5.41, 5.74) is 1.20. The summed E-state index contributed by atoms with van der Waals surface area (Å²) >= 11 is 0. The van der Waals surface area contributed by atoms with Crippen LogP contribution in [0, 0.1) is 6.92 Å². The first-order chi connectivity index (χ1) is 13.4. The van der Waals surface area contributed by atoms with Crippen molar-refractivity contribution in [2.24, 2.45) is 0 Å². The molecule has 28 heavy (non-hydrogen) atoms. The maximum atomic E-state index is 12.9. The molecular formula is C19H21N5O3S. The summed E-state index contributed by atoms with van der Waals surface area (Å²) in [5.74, 6) is 0.509. The highest BCUT2D eigenvalue weighted by molar-refractivity contribution is 7.89. The molecule has 0 aliphatic carbocycles. The topological polar surface area (TPSA) is 87.9 Å². The van der Waals surface area contributed by atoms with Gasteiger partial charge in [0.05, 0.1) is 10.5 Å². The zero-order chi connectivity index (χ0) is 19.7. The second kappa shape index (κ2) is 7.33. The van der Waals surface area contributed by atoms with Crippen molar-refractivity contribution in [2.45, 2.75) is 18.2 Å². The lowest BCUT2D eigenvalue weighted by molar-refractivity contribution is 0.0763. The van der Waals surface area contributed by atoms with Crippen LogP contribution >= 0.6 is 0 Å². The number of carbonyl (C=O) groups is 1. The average Bonchev–Trinajstić information content (AvgIpc) is 2.90. The van der Waals surface area contributed by atoms with E-state index in [0.717, 1.165) is 0 Å². The van der Waals surface area contributed by atoms with E-state index in [-0.39, 0.29) is 17.3 Å². The van der Waals surface area contributed by atoms with Gasteiger partial charge >= 0.3 is 0 Å². The maximum absolute atomic E-state index is 12.9. The molecule has 9 heteroatoms. The molecule has 0 radical (unpaired) electrons. The van der Waals surface area contributed by atoms with E-state index in [9.17, 15) is 13.2 Å². The van der Waals surface area contributed by atoms with E-state index in [1.54, 1.807) is 65.0 Å². The lowest BCUT2D eigenvalue weighted by Gasteiger charge is -2.22. The van der Waals surface area contributed by atoms with Crippen molar-refractivity contribution in [3.8, 4) is 0 Å². The van der Waals surface area contributed by atoms with Crippen LogP contribution in [0.4, 0.5) is 0 Å². The molecule has 0 unspecified atom stereocenters. The van der Waals surface area contributed by atoms with Crippen LogP contribution in [0.15, 0.2) is 53.6 Å². The zero-order valence-corrected chi connectivity index (χ0v) is 16.3. The van der Waals surface area contributed by atoms with Gasteiger partial charge in [0.15, 0.2) is 5.65 Å². The Labute approximate surface area is 163 Å². The first kappa shape index (κ1) is 18.6. The van der Waals surface area contributed by atoms with Gasteiger partial charge in [-0.25, -0.2) is 17.9 Å². The minimum absolute atomic E-state index is 0.131. The molecule has 1 amide bonds. The molecule has 1 fully saturated rings. The Morgan fingerprint density at radius 3 is 2.57 bits per heavy atom. The number of fused-ring (bicyclic) bond motifs is 1. The van der Waals surface area contributed by atoms with Crippen LogP contribution in [0.25, 0.3) is 5.65 Å². The monoisotopic (exact) mass is 399 g/mol. The molecule has 1 aliphatic heterocycles. The van der Waals surface area contributed by atoms with E-state index in [4.69, 9.17) is 0 Å². The molecule has 3 heterocycles. The third kappa shape index (κ3) is 3.50. The molecule has 0 saturated carbocycles. The molecule has 1 aliphatic rings. The van der Waals surface area contributed by atoms with Crippen LogP contribution in [-0.2, 0) is 10.0 Å².